The molecule has 0 saturated heterocycles. The zero-order valence-electron chi connectivity index (χ0n) is 11.7. The van der Waals surface area contributed by atoms with E-state index in [0.29, 0.717) is 11.4 Å². The second kappa shape index (κ2) is 6.59. The Morgan fingerprint density at radius 3 is 2.89 bits per heavy atom. The number of nitrogen functional groups attached to an aromatic ring is 1. The highest BCUT2D eigenvalue weighted by Gasteiger charge is 2.18. The minimum Gasteiger partial charge on any atom is -0.395 e. The van der Waals surface area contributed by atoms with E-state index in [4.69, 9.17) is 5.73 Å². The van der Waals surface area contributed by atoms with E-state index in [9.17, 15) is 4.79 Å². The minimum absolute atomic E-state index is 0.158. The lowest BCUT2D eigenvalue weighted by atomic mass is 10.0. The number of hydrogen-bond acceptors (Lipinski definition) is 3. The SMILES string of the molecule is CCCc1[nH]nc(C(=O)NCCC2CCCC2)c1N. The largest absolute Gasteiger partial charge is 0.395 e. The molecule has 1 aromatic heterocycles. The molecule has 1 aliphatic rings. The number of carbonyl (C=O) groups is 1. The van der Waals surface area contributed by atoms with Gasteiger partial charge in [-0.2, -0.15) is 5.10 Å². The molecule has 5 heteroatoms. The molecule has 0 spiro atoms. The number of aromatic amines is 1. The van der Waals surface area contributed by atoms with Gasteiger partial charge in [-0.15, -0.1) is 0 Å². The fourth-order valence-corrected chi connectivity index (χ4v) is 2.77. The maximum Gasteiger partial charge on any atom is 0.273 e. The summed E-state index contributed by atoms with van der Waals surface area (Å²) in [6, 6.07) is 0. The summed E-state index contributed by atoms with van der Waals surface area (Å²) in [5.74, 6) is 0.626. The van der Waals surface area contributed by atoms with E-state index < -0.39 is 0 Å². The van der Waals surface area contributed by atoms with E-state index in [1.165, 1.54) is 25.7 Å². The van der Waals surface area contributed by atoms with Crippen molar-refractivity contribution in [3.05, 3.63) is 11.4 Å². The molecular formula is C14H24N4O. The van der Waals surface area contributed by atoms with Crippen LogP contribution in [0.2, 0.25) is 0 Å². The highest BCUT2D eigenvalue weighted by molar-refractivity contribution is 5.97. The summed E-state index contributed by atoms with van der Waals surface area (Å²) in [6.45, 7) is 2.79. The smallest absolute Gasteiger partial charge is 0.273 e. The van der Waals surface area contributed by atoms with E-state index >= 15 is 0 Å². The monoisotopic (exact) mass is 264 g/mol. The van der Waals surface area contributed by atoms with Crippen molar-refractivity contribution in [3.8, 4) is 0 Å². The lowest BCUT2D eigenvalue weighted by Gasteiger charge is -2.09. The number of nitrogens with two attached hydrogens (primary N) is 1. The molecule has 1 amide bonds. The Bertz CT molecular complexity index is 421. The Kier molecular flexibility index (Phi) is 4.82. The molecule has 0 bridgehead atoms. The number of nitrogens with one attached hydrogen (secondary N) is 2. The van der Waals surface area contributed by atoms with Crippen molar-refractivity contribution >= 4 is 11.6 Å². The molecule has 1 saturated carbocycles. The molecule has 19 heavy (non-hydrogen) atoms. The summed E-state index contributed by atoms with van der Waals surface area (Å²) >= 11 is 0. The molecule has 0 radical (unpaired) electrons. The van der Waals surface area contributed by atoms with Crippen molar-refractivity contribution in [1.82, 2.24) is 15.5 Å². The number of aromatic nitrogens is 2. The average Bonchev–Trinajstić information content (AvgIpc) is 3.01. The molecule has 1 aromatic rings. The molecule has 2 rings (SSSR count). The van der Waals surface area contributed by atoms with Crippen molar-refractivity contribution in [2.45, 2.75) is 51.9 Å². The molecule has 0 aromatic carbocycles. The third-order valence-electron chi connectivity index (χ3n) is 3.91. The molecule has 0 unspecified atom stereocenters. The molecule has 1 fully saturated rings. The second-order valence-corrected chi connectivity index (χ2v) is 5.41. The van der Waals surface area contributed by atoms with Crippen LogP contribution in [0.4, 0.5) is 5.69 Å². The Hall–Kier alpha value is -1.52. The first-order valence-electron chi connectivity index (χ1n) is 7.33. The van der Waals surface area contributed by atoms with Crippen LogP contribution < -0.4 is 11.1 Å². The van der Waals surface area contributed by atoms with Gasteiger partial charge in [-0.05, 0) is 18.8 Å². The average molecular weight is 264 g/mol. The van der Waals surface area contributed by atoms with E-state index in [1.807, 2.05) is 0 Å². The fraction of sp³-hybridized carbons (Fsp3) is 0.714. The van der Waals surface area contributed by atoms with Gasteiger partial charge >= 0.3 is 0 Å². The zero-order valence-corrected chi connectivity index (χ0v) is 11.7. The molecular weight excluding hydrogens is 240 g/mol. The van der Waals surface area contributed by atoms with Crippen LogP contribution in [0.15, 0.2) is 0 Å². The molecule has 1 aliphatic carbocycles. The first-order valence-corrected chi connectivity index (χ1v) is 7.33. The molecule has 1 heterocycles. The maximum absolute atomic E-state index is 12.0. The first kappa shape index (κ1) is 13.9. The molecule has 106 valence electrons. The van der Waals surface area contributed by atoms with Gasteiger partial charge in [-0.25, -0.2) is 0 Å². The number of anilines is 1. The van der Waals surface area contributed by atoms with Crippen LogP contribution in [0.25, 0.3) is 0 Å². The van der Waals surface area contributed by atoms with Crippen molar-refractivity contribution in [2.24, 2.45) is 5.92 Å². The Morgan fingerprint density at radius 2 is 2.21 bits per heavy atom. The van der Waals surface area contributed by atoms with E-state index in [1.54, 1.807) is 0 Å². The quantitative estimate of drug-likeness (QED) is 0.737. The molecule has 4 N–H and O–H groups in total. The predicted molar refractivity (Wildman–Crippen MR) is 75.9 cm³/mol. The number of H-pyrrole nitrogens is 1. The zero-order chi connectivity index (χ0) is 13.7. The van der Waals surface area contributed by atoms with E-state index in [2.05, 4.69) is 22.4 Å². The van der Waals surface area contributed by atoms with E-state index in [0.717, 1.165) is 37.4 Å². The lowest BCUT2D eigenvalue weighted by molar-refractivity contribution is 0.0947. The number of nitrogens with zero attached hydrogens (tertiary/aromatic N) is 1. The van der Waals surface area contributed by atoms with Crippen molar-refractivity contribution < 1.29 is 4.79 Å². The van der Waals surface area contributed by atoms with Gasteiger partial charge in [0.2, 0.25) is 0 Å². The van der Waals surface area contributed by atoms with Crippen molar-refractivity contribution in [3.63, 3.8) is 0 Å². The topological polar surface area (TPSA) is 83.8 Å². The lowest BCUT2D eigenvalue weighted by Crippen LogP contribution is -2.26. The van der Waals surface area contributed by atoms with Crippen LogP contribution in [0.5, 0.6) is 0 Å². The van der Waals surface area contributed by atoms with Crippen LogP contribution in [-0.2, 0) is 6.42 Å². The highest BCUT2D eigenvalue weighted by Crippen LogP contribution is 2.27. The van der Waals surface area contributed by atoms with Gasteiger partial charge in [-0.1, -0.05) is 39.0 Å². The van der Waals surface area contributed by atoms with Gasteiger partial charge in [0, 0.05) is 6.54 Å². The Balaban J connectivity index is 1.82. The summed E-state index contributed by atoms with van der Waals surface area (Å²) in [4.78, 5) is 12.0. The third kappa shape index (κ3) is 3.49. The first-order chi connectivity index (χ1) is 9.22. The number of aryl methyl sites for hydroxylation is 1. The summed E-state index contributed by atoms with van der Waals surface area (Å²) in [5, 5.41) is 9.79. The summed E-state index contributed by atoms with van der Waals surface area (Å²) in [7, 11) is 0. The van der Waals surface area contributed by atoms with Gasteiger partial charge < -0.3 is 11.1 Å². The number of amides is 1. The summed E-state index contributed by atoms with van der Waals surface area (Å²) in [5.41, 5.74) is 7.64. The van der Waals surface area contributed by atoms with Gasteiger partial charge in [0.25, 0.3) is 5.91 Å². The van der Waals surface area contributed by atoms with Crippen LogP contribution in [0.3, 0.4) is 0 Å². The Morgan fingerprint density at radius 1 is 1.47 bits per heavy atom. The maximum atomic E-state index is 12.0. The van der Waals surface area contributed by atoms with Crippen LogP contribution in [-0.4, -0.2) is 22.6 Å². The highest BCUT2D eigenvalue weighted by atomic mass is 16.1. The van der Waals surface area contributed by atoms with Crippen LogP contribution in [0, 0.1) is 5.92 Å². The van der Waals surface area contributed by atoms with Crippen molar-refractivity contribution in [2.75, 3.05) is 12.3 Å². The number of carbonyl (C=O) groups excluding carboxylic acids is 1. The molecule has 0 aliphatic heterocycles. The standard InChI is InChI=1S/C14H24N4O/c1-2-5-11-12(15)13(18-17-11)14(19)16-9-8-10-6-3-4-7-10/h10H,2-9,15H2,1H3,(H,16,19)(H,17,18). The number of hydrogen-bond donors (Lipinski definition) is 3. The van der Waals surface area contributed by atoms with Gasteiger partial charge in [-0.3, -0.25) is 9.89 Å². The van der Waals surface area contributed by atoms with Gasteiger partial charge in [0.05, 0.1) is 11.4 Å². The minimum atomic E-state index is -0.158. The van der Waals surface area contributed by atoms with E-state index in [-0.39, 0.29) is 5.91 Å². The molecule has 0 atom stereocenters. The predicted octanol–water partition coefficient (Wildman–Crippen LogP) is 2.25. The Labute approximate surface area is 114 Å². The summed E-state index contributed by atoms with van der Waals surface area (Å²) < 4.78 is 0. The van der Waals surface area contributed by atoms with Gasteiger partial charge in [0.15, 0.2) is 5.69 Å². The summed E-state index contributed by atoms with van der Waals surface area (Å²) in [6.07, 6.45) is 8.17. The number of rotatable bonds is 6. The molecule has 5 nitrogen and oxygen atoms in total. The van der Waals surface area contributed by atoms with Crippen LogP contribution >= 0.6 is 0 Å². The van der Waals surface area contributed by atoms with Gasteiger partial charge in [0.1, 0.15) is 0 Å². The van der Waals surface area contributed by atoms with Crippen molar-refractivity contribution in [1.29, 1.82) is 0 Å². The third-order valence-corrected chi connectivity index (χ3v) is 3.91. The second-order valence-electron chi connectivity index (χ2n) is 5.41. The van der Waals surface area contributed by atoms with Crippen LogP contribution in [0.1, 0.15) is 61.6 Å². The normalized spacial score (nSPS) is 15.8. The fourth-order valence-electron chi connectivity index (χ4n) is 2.77.